The highest BCUT2D eigenvalue weighted by atomic mass is 32.2. The van der Waals surface area contributed by atoms with E-state index >= 15 is 0 Å². The van der Waals surface area contributed by atoms with E-state index in [1.54, 1.807) is 30.3 Å². The van der Waals surface area contributed by atoms with Gasteiger partial charge in [0.1, 0.15) is 36.3 Å². The lowest BCUT2D eigenvalue weighted by atomic mass is 9.87. The van der Waals surface area contributed by atoms with Gasteiger partial charge in [-0.2, -0.15) is 4.31 Å². The molecule has 1 fully saturated rings. The highest BCUT2D eigenvalue weighted by Gasteiger charge is 2.57. The molecular weight excluding hydrogens is 923 g/mol. The Bertz CT molecular complexity index is 2250. The molecule has 350 valence electrons. The highest BCUT2D eigenvalue weighted by Crippen LogP contribution is 2.61. The summed E-state index contributed by atoms with van der Waals surface area (Å²) in [7, 11) is -16.5. The standard InChI is InChI=1S/C33H48N7O19P3S/c1-32(2,28(46)31(47)36-10-9-23(43)35-11-12-63-24(44)14-20(41)13-21(42)19-7-5-4-6-8-19)16-56-62(53,54)59-61(51,52)55-15-22-26(58-60(48,49)50)27(45)33(3,57-22)40-18-39-25-29(34)37-17-38-30(25)40/h4-8,17-18,20,22,26-28,41,45-46H,9-16H2,1-3H3,(H,35,43)(H,36,47)(H,51,52)(H,53,54)(H2,34,37,38)(H2,48,49,50). The lowest BCUT2D eigenvalue weighted by molar-refractivity contribution is -0.137. The summed E-state index contributed by atoms with van der Waals surface area (Å²) >= 11 is 0.850. The summed E-state index contributed by atoms with van der Waals surface area (Å²) in [5.74, 6) is -1.76. The van der Waals surface area contributed by atoms with Crippen molar-refractivity contribution in [1.82, 2.24) is 30.2 Å². The van der Waals surface area contributed by atoms with Crippen LogP contribution in [-0.4, -0.2) is 140 Å². The van der Waals surface area contributed by atoms with Crippen molar-refractivity contribution in [2.75, 3.05) is 37.8 Å². The first-order valence-corrected chi connectivity index (χ1v) is 24.1. The predicted molar refractivity (Wildman–Crippen MR) is 218 cm³/mol. The first kappa shape index (κ1) is 52.0. The number of rotatable bonds is 24. The van der Waals surface area contributed by atoms with Crippen LogP contribution < -0.4 is 16.4 Å². The van der Waals surface area contributed by atoms with Crippen molar-refractivity contribution < 1.29 is 90.4 Å². The Labute approximate surface area is 362 Å². The van der Waals surface area contributed by atoms with Gasteiger partial charge >= 0.3 is 23.5 Å². The average molecular weight is 972 g/mol. The van der Waals surface area contributed by atoms with Gasteiger partial charge in [0.25, 0.3) is 0 Å². The van der Waals surface area contributed by atoms with E-state index in [9.17, 15) is 67.8 Å². The number of aliphatic hydroxyl groups is 3. The van der Waals surface area contributed by atoms with Crippen LogP contribution in [0, 0.1) is 5.41 Å². The summed E-state index contributed by atoms with van der Waals surface area (Å²) in [6, 6.07) is 8.30. The van der Waals surface area contributed by atoms with Crippen molar-refractivity contribution in [3.63, 3.8) is 0 Å². The molecule has 2 aromatic heterocycles. The summed E-state index contributed by atoms with van der Waals surface area (Å²) in [6.45, 7) is 1.39. The fourth-order valence-corrected chi connectivity index (χ4v) is 9.45. The number of hydrogen-bond donors (Lipinski definition) is 10. The first-order valence-electron chi connectivity index (χ1n) is 18.6. The molecule has 11 N–H and O–H groups in total. The molecule has 63 heavy (non-hydrogen) atoms. The minimum atomic E-state index is -5.62. The second kappa shape index (κ2) is 21.6. The number of phosphoric ester groups is 3. The Hall–Kier alpha value is -3.59. The molecule has 1 aliphatic heterocycles. The molecule has 0 spiro atoms. The van der Waals surface area contributed by atoms with E-state index in [0.29, 0.717) is 5.56 Å². The molecular formula is C33H48N7O19P3S. The quantitative estimate of drug-likeness (QED) is 0.0317. The lowest BCUT2D eigenvalue weighted by Gasteiger charge is -2.30. The van der Waals surface area contributed by atoms with Crippen molar-refractivity contribution in [2.24, 2.45) is 5.41 Å². The molecule has 0 bridgehead atoms. The second-order valence-electron chi connectivity index (χ2n) is 14.7. The van der Waals surface area contributed by atoms with Gasteiger partial charge in [0.15, 0.2) is 28.1 Å². The topological polar surface area (TPSA) is 401 Å². The van der Waals surface area contributed by atoms with Crippen LogP contribution >= 0.6 is 35.2 Å². The van der Waals surface area contributed by atoms with E-state index in [1.165, 1.54) is 20.8 Å². The third kappa shape index (κ3) is 15.0. The number of aliphatic hydroxyl groups excluding tert-OH is 3. The normalized spacial score (nSPS) is 22.2. The Morgan fingerprint density at radius 3 is 2.32 bits per heavy atom. The summed E-state index contributed by atoms with van der Waals surface area (Å²) in [6.07, 6.45) is -7.36. The van der Waals surface area contributed by atoms with Gasteiger partial charge in [0, 0.05) is 49.1 Å². The van der Waals surface area contributed by atoms with Crippen molar-refractivity contribution in [3.8, 4) is 0 Å². The van der Waals surface area contributed by atoms with Gasteiger partial charge in [-0.25, -0.2) is 28.6 Å². The summed E-state index contributed by atoms with van der Waals surface area (Å²) in [5.41, 5.74) is 2.64. The molecule has 1 aromatic carbocycles. The third-order valence-electron chi connectivity index (χ3n) is 9.17. The van der Waals surface area contributed by atoms with Gasteiger partial charge in [-0.15, -0.1) is 0 Å². The van der Waals surface area contributed by atoms with E-state index < -0.39 is 90.2 Å². The molecule has 2 amide bonds. The minimum Gasteiger partial charge on any atom is -0.392 e. The molecule has 3 heterocycles. The van der Waals surface area contributed by atoms with Crippen LogP contribution in [0.15, 0.2) is 43.0 Å². The van der Waals surface area contributed by atoms with Crippen molar-refractivity contribution in [3.05, 3.63) is 48.5 Å². The Morgan fingerprint density at radius 2 is 1.65 bits per heavy atom. The maximum absolute atomic E-state index is 12.8. The molecule has 30 heteroatoms. The van der Waals surface area contributed by atoms with Crippen LogP contribution in [0.25, 0.3) is 11.2 Å². The van der Waals surface area contributed by atoms with E-state index in [1.807, 2.05) is 0 Å². The number of carbonyl (C=O) groups is 4. The van der Waals surface area contributed by atoms with E-state index in [4.69, 9.17) is 24.0 Å². The number of benzene rings is 1. The van der Waals surface area contributed by atoms with Gasteiger partial charge in [-0.05, 0) is 6.92 Å². The molecule has 8 atom stereocenters. The highest BCUT2D eigenvalue weighted by molar-refractivity contribution is 8.13. The number of carbonyl (C=O) groups excluding carboxylic acids is 4. The summed E-state index contributed by atoms with van der Waals surface area (Å²) in [5, 5.41) is 36.3. The number of anilines is 1. The smallest absolute Gasteiger partial charge is 0.392 e. The maximum atomic E-state index is 12.8. The minimum absolute atomic E-state index is 0.00688. The van der Waals surface area contributed by atoms with Gasteiger partial charge in [-0.3, -0.25) is 37.3 Å². The number of ketones is 1. The van der Waals surface area contributed by atoms with Crippen LogP contribution in [-0.2, 0) is 56.4 Å². The maximum Gasteiger partial charge on any atom is 0.481 e. The Kier molecular flexibility index (Phi) is 17.8. The van der Waals surface area contributed by atoms with Gasteiger partial charge in [0.05, 0.1) is 25.6 Å². The molecule has 1 aliphatic rings. The zero-order valence-corrected chi connectivity index (χ0v) is 37.2. The third-order valence-corrected chi connectivity index (χ3v) is 13.2. The fourth-order valence-electron chi connectivity index (χ4n) is 5.89. The number of hydrogen-bond acceptors (Lipinski definition) is 20. The van der Waals surface area contributed by atoms with Crippen molar-refractivity contribution >= 4 is 74.9 Å². The van der Waals surface area contributed by atoms with Crippen molar-refractivity contribution in [2.45, 2.75) is 76.3 Å². The number of phosphoric acid groups is 3. The van der Waals surface area contributed by atoms with Crippen molar-refractivity contribution in [1.29, 1.82) is 0 Å². The number of nitrogen functional groups attached to an aromatic ring is 1. The van der Waals surface area contributed by atoms with E-state index in [-0.39, 0.29) is 66.0 Å². The molecule has 0 radical (unpaired) electrons. The zero-order chi connectivity index (χ0) is 47.0. The van der Waals surface area contributed by atoms with Gasteiger partial charge < -0.3 is 56.0 Å². The summed E-state index contributed by atoms with van der Waals surface area (Å²) in [4.78, 5) is 101. The van der Waals surface area contributed by atoms with Gasteiger partial charge in [0.2, 0.25) is 11.8 Å². The number of amides is 2. The molecule has 3 aromatic rings. The van der Waals surface area contributed by atoms with Crippen LogP contribution in [0.1, 0.15) is 50.4 Å². The van der Waals surface area contributed by atoms with Crippen LogP contribution in [0.5, 0.6) is 0 Å². The van der Waals surface area contributed by atoms with Gasteiger partial charge in [-0.1, -0.05) is 55.9 Å². The summed E-state index contributed by atoms with van der Waals surface area (Å²) < 4.78 is 62.8. The number of Topliss-reactive ketones (excluding diaryl/α,β-unsaturated/α-hetero) is 1. The van der Waals surface area contributed by atoms with Crippen LogP contribution in [0.2, 0.25) is 0 Å². The van der Waals surface area contributed by atoms with Crippen LogP contribution in [0.3, 0.4) is 0 Å². The number of thioether (sulfide) groups is 1. The average Bonchev–Trinajstić information content (AvgIpc) is 3.74. The molecule has 26 nitrogen and oxygen atoms in total. The SMILES string of the molecule is CC(C)(COP(=O)(O)OP(=O)(O)OCC1OC(C)(n2cnc3c(N)ncnc32)C(O)C1OP(=O)(O)O)C(O)C(=O)NCCC(=O)NCCSC(=O)CC(O)CC(=O)c1ccccc1. The molecule has 1 saturated heterocycles. The molecule has 0 saturated carbocycles. The number of nitrogens with zero attached hydrogens (tertiary/aromatic N) is 4. The largest absolute Gasteiger partial charge is 0.481 e. The van der Waals surface area contributed by atoms with E-state index in [2.05, 4.69) is 29.9 Å². The number of imidazole rings is 1. The first-order chi connectivity index (χ1) is 29.2. The molecule has 4 rings (SSSR count). The number of nitrogens with two attached hydrogens (primary N) is 1. The Morgan fingerprint density at radius 1 is 0.984 bits per heavy atom. The number of aromatic nitrogens is 4. The predicted octanol–water partition coefficient (Wildman–Crippen LogP) is -0.137. The Balaban J connectivity index is 1.19. The monoisotopic (exact) mass is 971 g/mol. The fraction of sp³-hybridized carbons (Fsp3) is 0.545. The molecule has 8 unspecified atom stereocenters. The zero-order valence-electron chi connectivity index (χ0n) is 33.7. The van der Waals surface area contributed by atoms with Crippen LogP contribution in [0.4, 0.5) is 5.82 Å². The number of nitrogens with one attached hydrogen (secondary N) is 2. The molecule has 0 aliphatic carbocycles. The number of fused-ring (bicyclic) bond motifs is 1. The van der Waals surface area contributed by atoms with E-state index in [0.717, 1.165) is 29.0 Å². The lowest BCUT2D eigenvalue weighted by Crippen LogP contribution is -2.46. The number of ether oxygens (including phenoxy) is 1. The second-order valence-corrected chi connectivity index (χ2v) is 20.1.